The number of hydrogen-bond donors (Lipinski definition) is 1. The molecule has 3 atom stereocenters. The summed E-state index contributed by atoms with van der Waals surface area (Å²) >= 11 is 0. The molecular weight excluding hydrogens is 148 g/mol. The van der Waals surface area contributed by atoms with Gasteiger partial charge in [-0.25, -0.2) is 0 Å². The second-order valence-corrected chi connectivity index (χ2v) is 5.49. The molecule has 12 heavy (non-hydrogen) atoms. The fraction of sp³-hybridized carbons (Fsp3) is 1.00. The van der Waals surface area contributed by atoms with Gasteiger partial charge in [0.25, 0.3) is 0 Å². The van der Waals surface area contributed by atoms with Crippen LogP contribution in [0.3, 0.4) is 0 Å². The third-order valence-corrected chi connectivity index (χ3v) is 4.95. The average molecular weight is 168 g/mol. The molecule has 2 saturated carbocycles. The first-order chi connectivity index (χ1) is 5.52. The highest BCUT2D eigenvalue weighted by atomic mass is 16.3. The van der Waals surface area contributed by atoms with Crippen LogP contribution in [0.4, 0.5) is 0 Å². The number of aliphatic hydroxyl groups excluding tert-OH is 1. The third-order valence-electron chi connectivity index (χ3n) is 4.95. The second kappa shape index (κ2) is 2.25. The van der Waals surface area contributed by atoms with Gasteiger partial charge in [0.15, 0.2) is 0 Å². The van der Waals surface area contributed by atoms with Crippen molar-refractivity contribution in [3.8, 4) is 0 Å². The largest absolute Gasteiger partial charge is 0.396 e. The number of aliphatic hydroxyl groups is 1. The van der Waals surface area contributed by atoms with E-state index in [2.05, 4.69) is 20.8 Å². The summed E-state index contributed by atoms with van der Waals surface area (Å²) in [5.41, 5.74) is 1.09. The zero-order valence-corrected chi connectivity index (χ0v) is 8.43. The Balaban J connectivity index is 2.12. The van der Waals surface area contributed by atoms with Crippen LogP contribution in [0.1, 0.15) is 40.0 Å². The zero-order valence-electron chi connectivity index (χ0n) is 8.43. The van der Waals surface area contributed by atoms with Crippen LogP contribution in [0.15, 0.2) is 0 Å². The Kier molecular flexibility index (Phi) is 1.61. The Morgan fingerprint density at radius 3 is 2.42 bits per heavy atom. The first-order valence-corrected chi connectivity index (χ1v) is 5.13. The molecule has 1 nitrogen and oxygen atoms in total. The molecule has 0 spiro atoms. The van der Waals surface area contributed by atoms with Crippen LogP contribution in [-0.4, -0.2) is 11.7 Å². The predicted octanol–water partition coefficient (Wildman–Crippen LogP) is 2.44. The van der Waals surface area contributed by atoms with Gasteiger partial charge in [0.05, 0.1) is 0 Å². The van der Waals surface area contributed by atoms with Crippen molar-refractivity contribution in [3.05, 3.63) is 0 Å². The molecule has 2 aliphatic carbocycles. The standard InChI is InChI=1S/C11H20O/c1-10(2)8(4-5-12)6-9-7-11(9,10)3/h8-9,12H,4-7H2,1-3H3/t8?,9-,11-/m1/s1. The van der Waals surface area contributed by atoms with Gasteiger partial charge in [-0.3, -0.25) is 0 Å². The summed E-state index contributed by atoms with van der Waals surface area (Å²) in [5, 5.41) is 8.94. The monoisotopic (exact) mass is 168 g/mol. The van der Waals surface area contributed by atoms with Crippen molar-refractivity contribution in [3.63, 3.8) is 0 Å². The number of rotatable bonds is 2. The van der Waals surface area contributed by atoms with Crippen LogP contribution < -0.4 is 0 Å². The van der Waals surface area contributed by atoms with Gasteiger partial charge >= 0.3 is 0 Å². The number of hydrogen-bond acceptors (Lipinski definition) is 1. The maximum Gasteiger partial charge on any atom is 0.0433 e. The van der Waals surface area contributed by atoms with Gasteiger partial charge in [0.1, 0.15) is 0 Å². The summed E-state index contributed by atoms with van der Waals surface area (Å²) in [5.74, 6) is 1.75. The average Bonchev–Trinajstić information content (AvgIpc) is 2.58. The van der Waals surface area contributed by atoms with Gasteiger partial charge in [0.2, 0.25) is 0 Å². The molecule has 0 aromatic carbocycles. The molecule has 1 heteroatoms. The summed E-state index contributed by atoms with van der Waals surface area (Å²) in [4.78, 5) is 0. The van der Waals surface area contributed by atoms with E-state index in [0.717, 1.165) is 18.3 Å². The van der Waals surface area contributed by atoms with E-state index in [-0.39, 0.29) is 0 Å². The normalized spacial score (nSPS) is 49.0. The molecular formula is C11H20O. The van der Waals surface area contributed by atoms with Crippen LogP contribution in [0.2, 0.25) is 0 Å². The topological polar surface area (TPSA) is 20.2 Å². The lowest BCUT2D eigenvalue weighted by Gasteiger charge is -2.35. The van der Waals surface area contributed by atoms with Crippen molar-refractivity contribution < 1.29 is 5.11 Å². The van der Waals surface area contributed by atoms with E-state index in [4.69, 9.17) is 5.11 Å². The second-order valence-electron chi connectivity index (χ2n) is 5.49. The van der Waals surface area contributed by atoms with Crippen molar-refractivity contribution in [1.82, 2.24) is 0 Å². The van der Waals surface area contributed by atoms with Crippen molar-refractivity contribution in [2.24, 2.45) is 22.7 Å². The minimum atomic E-state index is 0.372. The Morgan fingerprint density at radius 1 is 1.33 bits per heavy atom. The van der Waals surface area contributed by atoms with E-state index in [1.165, 1.54) is 12.8 Å². The molecule has 0 aliphatic heterocycles. The highest BCUT2D eigenvalue weighted by Gasteiger charge is 2.66. The smallest absolute Gasteiger partial charge is 0.0433 e. The predicted molar refractivity (Wildman–Crippen MR) is 49.8 cm³/mol. The van der Waals surface area contributed by atoms with Crippen molar-refractivity contribution >= 4 is 0 Å². The molecule has 1 unspecified atom stereocenters. The van der Waals surface area contributed by atoms with Gasteiger partial charge in [-0.15, -0.1) is 0 Å². The van der Waals surface area contributed by atoms with E-state index >= 15 is 0 Å². The first kappa shape index (κ1) is 8.55. The maximum absolute atomic E-state index is 8.94. The number of fused-ring (bicyclic) bond motifs is 1. The maximum atomic E-state index is 8.94. The summed E-state index contributed by atoms with van der Waals surface area (Å²) < 4.78 is 0. The van der Waals surface area contributed by atoms with Crippen molar-refractivity contribution in [2.45, 2.75) is 40.0 Å². The summed E-state index contributed by atoms with van der Waals surface area (Å²) in [6.45, 7) is 7.58. The Hall–Kier alpha value is -0.0400. The van der Waals surface area contributed by atoms with E-state index in [1.54, 1.807) is 0 Å². The van der Waals surface area contributed by atoms with E-state index < -0.39 is 0 Å². The van der Waals surface area contributed by atoms with Crippen LogP contribution in [0, 0.1) is 22.7 Å². The molecule has 2 fully saturated rings. The summed E-state index contributed by atoms with van der Waals surface area (Å²) in [6.07, 6.45) is 3.81. The minimum Gasteiger partial charge on any atom is -0.396 e. The Bertz CT molecular complexity index is 197. The fourth-order valence-electron chi connectivity index (χ4n) is 3.32. The minimum absolute atomic E-state index is 0.372. The lowest BCUT2D eigenvalue weighted by atomic mass is 9.70. The summed E-state index contributed by atoms with van der Waals surface area (Å²) in [6, 6.07) is 0. The van der Waals surface area contributed by atoms with E-state index in [1.807, 2.05) is 0 Å². The molecule has 0 bridgehead atoms. The molecule has 0 aromatic rings. The zero-order chi connectivity index (χ0) is 8.98. The molecule has 70 valence electrons. The molecule has 2 rings (SSSR count). The van der Waals surface area contributed by atoms with Crippen LogP contribution in [0.25, 0.3) is 0 Å². The molecule has 0 amide bonds. The van der Waals surface area contributed by atoms with Crippen molar-refractivity contribution in [1.29, 1.82) is 0 Å². The van der Waals surface area contributed by atoms with Gasteiger partial charge in [0, 0.05) is 6.61 Å². The van der Waals surface area contributed by atoms with Gasteiger partial charge in [-0.05, 0) is 41.9 Å². The van der Waals surface area contributed by atoms with Gasteiger partial charge in [-0.2, -0.15) is 0 Å². The van der Waals surface area contributed by atoms with Crippen LogP contribution in [-0.2, 0) is 0 Å². The highest BCUT2D eigenvalue weighted by Crippen LogP contribution is 2.74. The Labute approximate surface area is 75.2 Å². The van der Waals surface area contributed by atoms with E-state index in [0.29, 0.717) is 17.4 Å². The van der Waals surface area contributed by atoms with Gasteiger partial charge < -0.3 is 5.11 Å². The first-order valence-electron chi connectivity index (χ1n) is 5.13. The molecule has 0 radical (unpaired) electrons. The summed E-state index contributed by atoms with van der Waals surface area (Å²) in [7, 11) is 0. The molecule has 0 saturated heterocycles. The van der Waals surface area contributed by atoms with Crippen LogP contribution in [0.5, 0.6) is 0 Å². The third kappa shape index (κ3) is 0.834. The molecule has 1 N–H and O–H groups in total. The fourth-order valence-corrected chi connectivity index (χ4v) is 3.32. The van der Waals surface area contributed by atoms with Crippen molar-refractivity contribution in [2.75, 3.05) is 6.61 Å². The molecule has 2 aliphatic rings. The highest BCUT2D eigenvalue weighted by molar-refractivity contribution is 5.15. The SMILES string of the molecule is CC1(C)C(CCO)C[C@@H]2C[C@]21C. The van der Waals surface area contributed by atoms with E-state index in [9.17, 15) is 0 Å². The lowest BCUT2D eigenvalue weighted by molar-refractivity contribution is 0.119. The lowest BCUT2D eigenvalue weighted by Crippen LogP contribution is -2.28. The van der Waals surface area contributed by atoms with Crippen LogP contribution >= 0.6 is 0 Å². The van der Waals surface area contributed by atoms with Gasteiger partial charge in [-0.1, -0.05) is 20.8 Å². The molecule has 0 aromatic heterocycles. The molecule has 0 heterocycles. The quantitative estimate of drug-likeness (QED) is 0.671. The Morgan fingerprint density at radius 2 is 2.00 bits per heavy atom.